The first-order valence-corrected chi connectivity index (χ1v) is 2.28. The number of hydrogen-bond acceptors (Lipinski definition) is 2. The Hall–Kier alpha value is 0.310. The topological polar surface area (TPSA) is 26.0 Å². The summed E-state index contributed by atoms with van der Waals surface area (Å²) >= 11 is 1.36. The number of hydrogen-bond donors (Lipinski definition) is 1. The molecule has 0 unspecified atom stereocenters. The molecule has 0 aliphatic rings. The van der Waals surface area contributed by atoms with E-state index in [-0.39, 0.29) is 0 Å². The van der Waals surface area contributed by atoms with E-state index in [9.17, 15) is 0 Å². The summed E-state index contributed by atoms with van der Waals surface area (Å²) in [4.78, 5) is 0. The largest absolute Gasteiger partial charge is 0.278 e. The maximum absolute atomic E-state index is 4.94. The molecule has 0 heterocycles. The summed E-state index contributed by atoms with van der Waals surface area (Å²) < 4.78 is 0. The Bertz CT molecular complexity index is 8.00. The highest BCUT2D eigenvalue weighted by atomic mass is 32.2. The van der Waals surface area contributed by atoms with Crippen LogP contribution in [0, 0.1) is 0 Å². The smallest absolute Gasteiger partial charge is 0.00480 e. The van der Waals surface area contributed by atoms with Gasteiger partial charge in [-0.2, -0.15) is 0 Å². The van der Waals surface area contributed by atoms with Crippen LogP contribution in [0.2, 0.25) is 0 Å². The fourth-order valence-electron chi connectivity index (χ4n) is 0. The lowest BCUT2D eigenvalue weighted by Gasteiger charge is -1.70. The third-order valence-corrected chi connectivity index (χ3v) is 0.500. The van der Waals surface area contributed by atoms with Crippen molar-refractivity contribution in [2.75, 3.05) is 5.75 Å². The molecule has 0 rings (SSSR count). The molecule has 2 N–H and O–H groups in total. The van der Waals surface area contributed by atoms with E-state index in [4.69, 9.17) is 5.14 Å². The van der Waals surface area contributed by atoms with Crippen molar-refractivity contribution in [2.24, 2.45) is 5.14 Å². The first-order valence-electron chi connectivity index (χ1n) is 1.23. The van der Waals surface area contributed by atoms with Crippen LogP contribution >= 0.6 is 11.9 Å². The van der Waals surface area contributed by atoms with Crippen molar-refractivity contribution < 1.29 is 0 Å². The molecule has 2 heteroatoms. The van der Waals surface area contributed by atoms with E-state index >= 15 is 0 Å². The molecule has 0 fully saturated rings. The van der Waals surface area contributed by atoms with E-state index in [2.05, 4.69) is 0 Å². The maximum Gasteiger partial charge on any atom is 0.00480 e. The predicted molar refractivity (Wildman–Crippen MR) is 22.3 cm³/mol. The zero-order valence-electron chi connectivity index (χ0n) is 2.69. The summed E-state index contributed by atoms with van der Waals surface area (Å²) in [7, 11) is 0. The van der Waals surface area contributed by atoms with Crippen molar-refractivity contribution in [3.05, 3.63) is 0 Å². The van der Waals surface area contributed by atoms with Gasteiger partial charge in [-0.05, 0) is 0 Å². The molecule has 0 aromatic carbocycles. The van der Waals surface area contributed by atoms with Crippen molar-refractivity contribution in [1.82, 2.24) is 0 Å². The Morgan fingerprint density at radius 1 is 2.00 bits per heavy atom. The van der Waals surface area contributed by atoms with Gasteiger partial charge in [-0.25, -0.2) is 0 Å². The highest BCUT2D eigenvalue weighted by molar-refractivity contribution is 7.97. The van der Waals surface area contributed by atoms with Gasteiger partial charge >= 0.3 is 0 Å². The van der Waals surface area contributed by atoms with Gasteiger partial charge in [0, 0.05) is 5.75 Å². The monoisotopic (exact) mass is 77.0 g/mol. The van der Waals surface area contributed by atoms with E-state index in [0.29, 0.717) is 0 Å². The van der Waals surface area contributed by atoms with E-state index in [1.165, 1.54) is 11.9 Å². The molecule has 0 amide bonds. The number of nitrogens with two attached hydrogens (primary N) is 1. The third-order valence-electron chi connectivity index (χ3n) is 0.167. The predicted octanol–water partition coefficient (Wildman–Crippen LogP) is 0.613. The lowest BCUT2D eigenvalue weighted by Crippen LogP contribution is -1.74. The summed E-state index contributed by atoms with van der Waals surface area (Å²) in [6.45, 7) is 2.02. The molecule has 0 aromatic heterocycles. The van der Waals surface area contributed by atoms with Gasteiger partial charge in [0.2, 0.25) is 0 Å². The second-order valence-electron chi connectivity index (χ2n) is 0.455. The molecule has 0 spiro atoms. The third kappa shape index (κ3) is 2.31. The average Bonchev–Trinajstić information content (AvgIpc) is 1.37. The molecule has 26 valence electrons. The molecule has 0 aromatic rings. The van der Waals surface area contributed by atoms with Crippen molar-refractivity contribution >= 4 is 11.9 Å². The van der Waals surface area contributed by atoms with Crippen molar-refractivity contribution in [1.29, 1.82) is 0 Å². The Kier molecular flexibility index (Phi) is 3.57. The fraction of sp³-hybridized carbons (Fsp3) is 1.00. The van der Waals surface area contributed by atoms with Crippen LogP contribution in [-0.4, -0.2) is 5.75 Å². The fourth-order valence-corrected chi connectivity index (χ4v) is 0. The Balaban J connectivity index is 1.97. The van der Waals surface area contributed by atoms with Gasteiger partial charge in [-0.1, -0.05) is 18.9 Å². The van der Waals surface area contributed by atoms with E-state index in [0.717, 1.165) is 5.75 Å². The molecule has 0 radical (unpaired) electrons. The first-order chi connectivity index (χ1) is 1.91. The summed E-state index contributed by atoms with van der Waals surface area (Å²) in [5, 5.41) is 4.94. The summed E-state index contributed by atoms with van der Waals surface area (Å²) in [6, 6.07) is 0. The van der Waals surface area contributed by atoms with Crippen molar-refractivity contribution in [3.8, 4) is 0 Å². The molecule has 0 aliphatic heterocycles. The van der Waals surface area contributed by atoms with Crippen LogP contribution in [0.15, 0.2) is 0 Å². The average molecular weight is 77.2 g/mol. The van der Waals surface area contributed by atoms with Gasteiger partial charge in [0.1, 0.15) is 0 Å². The van der Waals surface area contributed by atoms with Gasteiger partial charge in [-0.15, -0.1) is 0 Å². The molecule has 0 saturated heterocycles. The van der Waals surface area contributed by atoms with Gasteiger partial charge < -0.3 is 0 Å². The molecular formula is C2H7NS. The minimum atomic E-state index is 1.01. The second-order valence-corrected chi connectivity index (χ2v) is 1.37. The van der Waals surface area contributed by atoms with Crippen LogP contribution in [-0.2, 0) is 0 Å². The zero-order valence-corrected chi connectivity index (χ0v) is 3.51. The lowest BCUT2D eigenvalue weighted by molar-refractivity contribution is 1.52. The molecular weight excluding hydrogens is 70.1 g/mol. The quantitative estimate of drug-likeness (QED) is 0.464. The SMILES string of the molecule is CCSN. The van der Waals surface area contributed by atoms with Gasteiger partial charge in [0.25, 0.3) is 0 Å². The summed E-state index contributed by atoms with van der Waals surface area (Å²) in [5.74, 6) is 1.01. The first kappa shape index (κ1) is 4.31. The molecule has 1 nitrogen and oxygen atoms in total. The van der Waals surface area contributed by atoms with Gasteiger partial charge in [-0.3, -0.25) is 5.14 Å². The van der Waals surface area contributed by atoms with Crippen LogP contribution in [0.1, 0.15) is 6.92 Å². The van der Waals surface area contributed by atoms with Crippen LogP contribution in [0.5, 0.6) is 0 Å². The molecule has 0 aliphatic carbocycles. The van der Waals surface area contributed by atoms with Crippen molar-refractivity contribution in [3.63, 3.8) is 0 Å². The normalized spacial score (nSPS) is 7.50. The molecule has 0 saturated carbocycles. The highest BCUT2D eigenvalue weighted by Gasteiger charge is 1.55. The van der Waals surface area contributed by atoms with E-state index in [1.807, 2.05) is 6.92 Å². The second kappa shape index (κ2) is 3.31. The standard InChI is InChI=1S/C2H7NS/c1-2-4-3/h2-3H2,1H3. The highest BCUT2D eigenvalue weighted by Crippen LogP contribution is 1.76. The zero-order chi connectivity index (χ0) is 3.41. The summed E-state index contributed by atoms with van der Waals surface area (Å²) in [6.07, 6.45) is 0. The maximum atomic E-state index is 4.94. The number of rotatable bonds is 1. The molecule has 4 heavy (non-hydrogen) atoms. The van der Waals surface area contributed by atoms with E-state index < -0.39 is 0 Å². The Labute approximate surface area is 30.7 Å². The van der Waals surface area contributed by atoms with Gasteiger partial charge in [0.05, 0.1) is 0 Å². The Morgan fingerprint density at radius 2 is 2.25 bits per heavy atom. The van der Waals surface area contributed by atoms with E-state index in [1.54, 1.807) is 0 Å². The lowest BCUT2D eigenvalue weighted by atomic mass is 11.0. The van der Waals surface area contributed by atoms with Crippen LogP contribution in [0.3, 0.4) is 0 Å². The van der Waals surface area contributed by atoms with Crippen LogP contribution < -0.4 is 5.14 Å². The van der Waals surface area contributed by atoms with Gasteiger partial charge in [0.15, 0.2) is 0 Å². The minimum absolute atomic E-state index is 1.01. The van der Waals surface area contributed by atoms with Crippen LogP contribution in [0.25, 0.3) is 0 Å². The van der Waals surface area contributed by atoms with Crippen molar-refractivity contribution in [2.45, 2.75) is 6.92 Å². The van der Waals surface area contributed by atoms with Crippen LogP contribution in [0.4, 0.5) is 0 Å². The summed E-state index contributed by atoms with van der Waals surface area (Å²) in [5.41, 5.74) is 0. The molecule has 0 bridgehead atoms. The Morgan fingerprint density at radius 3 is 2.25 bits per heavy atom. The molecule has 0 atom stereocenters. The minimum Gasteiger partial charge on any atom is -0.278 e.